The van der Waals surface area contributed by atoms with Crippen LogP contribution in [-0.2, 0) is 11.0 Å². The molecule has 0 bridgehead atoms. The number of nitrogens with one attached hydrogen (secondary N) is 4. The Bertz CT molecular complexity index is 1170. The molecule has 0 unspecified atom stereocenters. The van der Waals surface area contributed by atoms with E-state index < -0.39 is 35.2 Å². The highest BCUT2D eigenvalue weighted by molar-refractivity contribution is 6.06. The molecule has 0 spiro atoms. The number of anilines is 3. The fourth-order valence-electron chi connectivity index (χ4n) is 2.89. The van der Waals surface area contributed by atoms with Gasteiger partial charge in [-0.3, -0.25) is 9.59 Å². The first-order valence-electron chi connectivity index (χ1n) is 8.86. The van der Waals surface area contributed by atoms with Crippen molar-refractivity contribution in [3.63, 3.8) is 0 Å². The fourth-order valence-corrected chi connectivity index (χ4v) is 2.89. The number of hydrogen-bond donors (Lipinski definition) is 5. The van der Waals surface area contributed by atoms with E-state index in [1.165, 1.54) is 30.5 Å². The lowest BCUT2D eigenvalue weighted by atomic mass is 10.0. The summed E-state index contributed by atoms with van der Waals surface area (Å²) in [7, 11) is 0. The second-order valence-corrected chi connectivity index (χ2v) is 6.43. The Morgan fingerprint density at radius 3 is 2.31 bits per heavy atom. The van der Waals surface area contributed by atoms with Gasteiger partial charge in [0.25, 0.3) is 5.91 Å². The molecule has 32 heavy (non-hydrogen) atoms. The van der Waals surface area contributed by atoms with Gasteiger partial charge in [-0.25, -0.2) is 9.18 Å². The average Bonchev–Trinajstić information content (AvgIpc) is 3.13. The van der Waals surface area contributed by atoms with Gasteiger partial charge < -0.3 is 26.7 Å². The Morgan fingerprint density at radius 1 is 1.03 bits per heavy atom. The zero-order valence-electron chi connectivity index (χ0n) is 16.0. The Kier molecular flexibility index (Phi) is 6.14. The monoisotopic (exact) mass is 449 g/mol. The third-order valence-corrected chi connectivity index (χ3v) is 4.33. The number of alkyl halides is 3. The van der Waals surface area contributed by atoms with E-state index in [4.69, 9.17) is 5.73 Å². The van der Waals surface area contributed by atoms with Crippen LogP contribution in [0.4, 0.5) is 39.5 Å². The topological polar surface area (TPSA) is 129 Å². The van der Waals surface area contributed by atoms with Gasteiger partial charge in [-0.05, 0) is 35.9 Å². The fraction of sp³-hybridized carbons (Fsp3) is 0.0500. The van der Waals surface area contributed by atoms with Gasteiger partial charge >= 0.3 is 12.2 Å². The van der Waals surface area contributed by atoms with Crippen molar-refractivity contribution in [2.75, 3.05) is 16.0 Å². The Labute approximate surface area is 177 Å². The van der Waals surface area contributed by atoms with Gasteiger partial charge in [0, 0.05) is 17.4 Å². The largest absolute Gasteiger partial charge is 0.416 e. The zero-order chi connectivity index (χ0) is 23.5. The van der Waals surface area contributed by atoms with Crippen molar-refractivity contribution in [3.05, 3.63) is 65.6 Å². The highest BCUT2D eigenvalue weighted by Crippen LogP contribution is 2.32. The number of carbonyl (C=O) groups is 3. The molecular formula is C20H15F4N5O3. The summed E-state index contributed by atoms with van der Waals surface area (Å²) in [6.07, 6.45) is -2.86. The predicted octanol–water partition coefficient (Wildman–Crippen LogP) is 4.15. The van der Waals surface area contributed by atoms with Crippen LogP contribution in [0.15, 0.2) is 48.7 Å². The van der Waals surface area contributed by atoms with Crippen LogP contribution in [0.1, 0.15) is 15.9 Å². The van der Waals surface area contributed by atoms with Crippen molar-refractivity contribution >= 4 is 35.5 Å². The summed E-state index contributed by atoms with van der Waals surface area (Å²) < 4.78 is 52.1. The number of aromatic amines is 1. The first-order valence-corrected chi connectivity index (χ1v) is 8.86. The van der Waals surface area contributed by atoms with Crippen LogP contribution in [0.25, 0.3) is 11.1 Å². The molecule has 0 atom stereocenters. The van der Waals surface area contributed by atoms with E-state index in [0.717, 1.165) is 0 Å². The SMILES string of the molecule is NC(=O)c1c(-c2ccc(NC(=O)Nc3cc(C(F)(F)F)ccc3F)cc2)c[nH]c1NC=O. The quantitative estimate of drug-likeness (QED) is 0.286. The zero-order valence-corrected chi connectivity index (χ0v) is 16.0. The van der Waals surface area contributed by atoms with Gasteiger partial charge in [-0.2, -0.15) is 13.2 Å². The van der Waals surface area contributed by atoms with Gasteiger partial charge in [-0.1, -0.05) is 12.1 Å². The van der Waals surface area contributed by atoms with Crippen LogP contribution in [-0.4, -0.2) is 23.3 Å². The summed E-state index contributed by atoms with van der Waals surface area (Å²) in [5.41, 5.74) is 4.81. The van der Waals surface area contributed by atoms with Crippen LogP contribution < -0.4 is 21.7 Å². The molecule has 0 aliphatic heterocycles. The van der Waals surface area contributed by atoms with Crippen molar-refractivity contribution in [1.82, 2.24) is 4.98 Å². The second kappa shape index (κ2) is 8.79. The molecule has 1 heterocycles. The normalized spacial score (nSPS) is 11.0. The highest BCUT2D eigenvalue weighted by atomic mass is 19.4. The van der Waals surface area contributed by atoms with Crippen molar-refractivity contribution in [3.8, 4) is 11.1 Å². The standard InChI is InChI=1S/C20H15F4N5O3/c21-14-6-3-11(20(22,23)24)7-15(14)29-19(32)28-12-4-1-10(2-5-12)13-8-26-18(27-9-30)16(13)17(25)31/h1-9,26H,(H2,25,31)(H,27,30)(H2,28,29,32). The minimum atomic E-state index is -4.69. The molecule has 166 valence electrons. The van der Waals surface area contributed by atoms with E-state index >= 15 is 0 Å². The molecule has 3 aromatic rings. The number of hydrogen-bond acceptors (Lipinski definition) is 3. The number of carbonyl (C=O) groups excluding carboxylic acids is 3. The number of rotatable bonds is 6. The number of primary amides is 1. The molecule has 0 aliphatic rings. The van der Waals surface area contributed by atoms with E-state index in [0.29, 0.717) is 35.7 Å². The Hall–Kier alpha value is -4.35. The number of amides is 4. The molecule has 0 aliphatic carbocycles. The molecule has 12 heteroatoms. The molecule has 6 N–H and O–H groups in total. The van der Waals surface area contributed by atoms with Crippen molar-refractivity contribution in [2.45, 2.75) is 6.18 Å². The summed E-state index contributed by atoms with van der Waals surface area (Å²) in [5, 5.41) is 6.71. The van der Waals surface area contributed by atoms with Crippen LogP contribution in [0.2, 0.25) is 0 Å². The average molecular weight is 449 g/mol. The summed E-state index contributed by atoms with van der Waals surface area (Å²) in [6, 6.07) is 6.64. The number of nitrogens with two attached hydrogens (primary N) is 1. The lowest BCUT2D eigenvalue weighted by Gasteiger charge is -2.12. The smallest absolute Gasteiger partial charge is 0.365 e. The predicted molar refractivity (Wildman–Crippen MR) is 108 cm³/mol. The van der Waals surface area contributed by atoms with Crippen molar-refractivity contribution in [2.24, 2.45) is 5.73 Å². The van der Waals surface area contributed by atoms with Crippen LogP contribution >= 0.6 is 0 Å². The maximum Gasteiger partial charge on any atom is 0.416 e. The third kappa shape index (κ3) is 4.86. The minimum Gasteiger partial charge on any atom is -0.365 e. The number of benzene rings is 2. The molecule has 0 fully saturated rings. The molecule has 4 amide bonds. The molecular weight excluding hydrogens is 434 g/mol. The molecule has 0 radical (unpaired) electrons. The van der Waals surface area contributed by atoms with E-state index in [1.54, 1.807) is 0 Å². The molecule has 3 rings (SSSR count). The van der Waals surface area contributed by atoms with Gasteiger partial charge in [0.05, 0.1) is 16.8 Å². The first-order chi connectivity index (χ1) is 15.1. The van der Waals surface area contributed by atoms with Gasteiger partial charge in [0.15, 0.2) is 0 Å². The van der Waals surface area contributed by atoms with E-state index in [9.17, 15) is 31.9 Å². The van der Waals surface area contributed by atoms with Crippen molar-refractivity contribution < 1.29 is 31.9 Å². The van der Waals surface area contributed by atoms with Gasteiger partial charge in [-0.15, -0.1) is 0 Å². The van der Waals surface area contributed by atoms with Crippen molar-refractivity contribution in [1.29, 1.82) is 0 Å². The lowest BCUT2D eigenvalue weighted by Crippen LogP contribution is -2.20. The maximum absolute atomic E-state index is 13.8. The maximum atomic E-state index is 13.8. The molecule has 2 aromatic carbocycles. The summed E-state index contributed by atoms with van der Waals surface area (Å²) >= 11 is 0. The lowest BCUT2D eigenvalue weighted by molar-refractivity contribution is -0.137. The third-order valence-electron chi connectivity index (χ3n) is 4.33. The second-order valence-electron chi connectivity index (χ2n) is 6.43. The van der Waals surface area contributed by atoms with Crippen LogP contribution in [0.3, 0.4) is 0 Å². The number of halogens is 4. The van der Waals surface area contributed by atoms with Crippen LogP contribution in [0.5, 0.6) is 0 Å². The first kappa shape index (κ1) is 22.3. The Balaban J connectivity index is 1.75. The minimum absolute atomic E-state index is 0.0515. The number of H-pyrrole nitrogens is 1. The van der Waals surface area contributed by atoms with E-state index in [1.807, 2.05) is 5.32 Å². The van der Waals surface area contributed by atoms with E-state index in [2.05, 4.69) is 15.6 Å². The molecule has 0 saturated heterocycles. The van der Waals surface area contributed by atoms with Gasteiger partial charge in [0.1, 0.15) is 11.6 Å². The summed E-state index contributed by atoms with van der Waals surface area (Å²) in [5.74, 6) is -1.70. The highest BCUT2D eigenvalue weighted by Gasteiger charge is 2.31. The van der Waals surface area contributed by atoms with E-state index in [-0.39, 0.29) is 17.1 Å². The number of urea groups is 1. The summed E-state index contributed by atoms with van der Waals surface area (Å²) in [4.78, 5) is 37.2. The Morgan fingerprint density at radius 2 is 1.72 bits per heavy atom. The molecule has 0 saturated carbocycles. The number of aromatic nitrogens is 1. The van der Waals surface area contributed by atoms with Crippen LogP contribution in [0, 0.1) is 5.82 Å². The molecule has 8 nitrogen and oxygen atoms in total. The van der Waals surface area contributed by atoms with Gasteiger partial charge in [0.2, 0.25) is 6.41 Å². The summed E-state index contributed by atoms with van der Waals surface area (Å²) in [6.45, 7) is 0. The molecule has 1 aromatic heterocycles.